The number of carbonyl (C=O) groups excluding carboxylic acids is 2. The highest BCUT2D eigenvalue weighted by molar-refractivity contribution is 8.40. The molecule has 12 heteroatoms. The third-order valence-corrected chi connectivity index (χ3v) is 12.6. The summed E-state index contributed by atoms with van der Waals surface area (Å²) in [6.07, 6.45) is 5.02. The van der Waals surface area contributed by atoms with Gasteiger partial charge in [-0.25, -0.2) is 0 Å². The highest BCUT2D eigenvalue weighted by atomic mass is 32.3. The molecule has 0 atom stereocenters. The number of esters is 2. The third kappa shape index (κ3) is 8.92. The molecule has 0 aliphatic carbocycles. The Hall–Kier alpha value is 0.700. The van der Waals surface area contributed by atoms with Gasteiger partial charge in [0.1, 0.15) is 0 Å². The maximum atomic E-state index is 11.4. The molecule has 0 saturated carbocycles. The van der Waals surface area contributed by atoms with Gasteiger partial charge in [-0.3, -0.25) is 9.59 Å². The molecule has 0 fully saturated rings. The second kappa shape index (κ2) is 14.8. The minimum absolute atomic E-state index is 0.207. The Balaban J connectivity index is 1.99. The van der Waals surface area contributed by atoms with Crippen molar-refractivity contribution >= 4 is 108 Å². The van der Waals surface area contributed by atoms with Gasteiger partial charge in [-0.2, -0.15) is 25.3 Å². The van der Waals surface area contributed by atoms with E-state index in [2.05, 4.69) is 37.4 Å². The van der Waals surface area contributed by atoms with Crippen LogP contribution in [-0.4, -0.2) is 49.2 Å². The third-order valence-electron chi connectivity index (χ3n) is 3.49. The monoisotopic (exact) mass is 558 g/mol. The molecule has 0 spiro atoms. The molecule has 4 nitrogen and oxygen atoms in total. The van der Waals surface area contributed by atoms with Crippen molar-refractivity contribution in [1.29, 1.82) is 0 Å². The van der Waals surface area contributed by atoms with Crippen LogP contribution in [0, 0.1) is 0 Å². The zero-order valence-corrected chi connectivity index (χ0v) is 23.1. The number of allylic oxidation sites excluding steroid dienone is 2. The SMILES string of the molecule is COC(=O)CCSC1=C(SCCC(=O)OC)SC(=CC=C2SC(CS)=C(CS)S2)S1. The van der Waals surface area contributed by atoms with E-state index in [-0.39, 0.29) is 11.9 Å². The van der Waals surface area contributed by atoms with E-state index in [1.807, 2.05) is 0 Å². The Labute approximate surface area is 214 Å². The predicted octanol–water partition coefficient (Wildman–Crippen LogP) is 6.42. The Morgan fingerprint density at radius 2 is 1.20 bits per heavy atom. The summed E-state index contributed by atoms with van der Waals surface area (Å²) in [5.41, 5.74) is 0. The van der Waals surface area contributed by atoms with E-state index in [1.165, 1.54) is 41.0 Å². The van der Waals surface area contributed by atoms with Gasteiger partial charge in [-0.05, 0) is 12.2 Å². The first-order valence-electron chi connectivity index (χ1n) is 8.71. The maximum absolute atomic E-state index is 11.4. The summed E-state index contributed by atoms with van der Waals surface area (Å²) >= 11 is 19.0. The van der Waals surface area contributed by atoms with Crippen molar-refractivity contribution in [3.8, 4) is 0 Å². The molecule has 30 heavy (non-hydrogen) atoms. The second-order valence-corrected chi connectivity index (χ2v) is 13.7. The van der Waals surface area contributed by atoms with Crippen molar-refractivity contribution in [2.24, 2.45) is 0 Å². The lowest BCUT2D eigenvalue weighted by Crippen LogP contribution is -2.01. The van der Waals surface area contributed by atoms with E-state index in [4.69, 9.17) is 9.47 Å². The number of thiol groups is 2. The maximum Gasteiger partial charge on any atom is 0.306 e. The van der Waals surface area contributed by atoms with Crippen LogP contribution in [0.2, 0.25) is 0 Å². The van der Waals surface area contributed by atoms with Gasteiger partial charge in [-0.15, -0.1) is 23.5 Å². The highest BCUT2D eigenvalue weighted by Gasteiger charge is 2.23. The fraction of sp³-hybridized carbons (Fsp3) is 0.444. The van der Waals surface area contributed by atoms with Gasteiger partial charge in [0, 0.05) is 37.1 Å². The molecule has 0 aromatic heterocycles. The Bertz CT molecular complexity index is 718. The van der Waals surface area contributed by atoms with Crippen LogP contribution in [0.4, 0.5) is 0 Å². The van der Waals surface area contributed by atoms with Gasteiger partial charge in [0.25, 0.3) is 0 Å². The summed E-state index contributed by atoms with van der Waals surface area (Å²) in [4.78, 5) is 25.3. The van der Waals surface area contributed by atoms with Crippen molar-refractivity contribution in [3.05, 3.63) is 38.9 Å². The standard InChI is InChI=1S/C18H22O4S8/c1-21-13(19)5-7-25-17-18(26-8-6-14(20)22-2)30-16(29-17)4-3-15-27-11(9-23)12(10-24)28-15/h3-4,23-24H,5-10H2,1-2H3. The van der Waals surface area contributed by atoms with Gasteiger partial charge in [0.05, 0.1) is 39.8 Å². The van der Waals surface area contributed by atoms with Crippen LogP contribution in [0.15, 0.2) is 38.9 Å². The number of carbonyl (C=O) groups is 2. The molecule has 0 radical (unpaired) electrons. The minimum Gasteiger partial charge on any atom is -0.469 e. The number of thioether (sulfide) groups is 6. The van der Waals surface area contributed by atoms with Crippen LogP contribution in [0.25, 0.3) is 0 Å². The molecule has 2 aliphatic heterocycles. The fourth-order valence-corrected chi connectivity index (χ4v) is 10.9. The molecule has 0 aromatic rings. The van der Waals surface area contributed by atoms with Gasteiger partial charge in [0.2, 0.25) is 0 Å². The van der Waals surface area contributed by atoms with Crippen LogP contribution in [0.3, 0.4) is 0 Å². The van der Waals surface area contributed by atoms with Crippen LogP contribution in [-0.2, 0) is 19.1 Å². The van der Waals surface area contributed by atoms with Gasteiger partial charge < -0.3 is 9.47 Å². The summed E-state index contributed by atoms with van der Waals surface area (Å²) in [5, 5.41) is 0. The van der Waals surface area contributed by atoms with E-state index in [1.54, 1.807) is 70.6 Å². The lowest BCUT2D eigenvalue weighted by Gasteiger charge is -2.04. The summed E-state index contributed by atoms with van der Waals surface area (Å²) in [5.74, 6) is 2.38. The summed E-state index contributed by atoms with van der Waals surface area (Å²) in [7, 11) is 2.81. The minimum atomic E-state index is -0.207. The topological polar surface area (TPSA) is 52.6 Å². The second-order valence-electron chi connectivity index (χ2n) is 5.47. The number of hydrogen-bond donors (Lipinski definition) is 2. The van der Waals surface area contributed by atoms with Crippen molar-refractivity contribution in [2.75, 3.05) is 37.2 Å². The molecule has 0 unspecified atom stereocenters. The summed E-state index contributed by atoms with van der Waals surface area (Å²) in [6, 6.07) is 0. The molecule has 0 saturated heterocycles. The Morgan fingerprint density at radius 1 is 0.800 bits per heavy atom. The first-order valence-corrected chi connectivity index (χ1v) is 15.2. The van der Waals surface area contributed by atoms with Crippen molar-refractivity contribution in [3.63, 3.8) is 0 Å². The van der Waals surface area contributed by atoms with Crippen LogP contribution in [0.1, 0.15) is 12.8 Å². The van der Waals surface area contributed by atoms with Gasteiger partial charge in [-0.1, -0.05) is 47.0 Å². The van der Waals surface area contributed by atoms with Crippen molar-refractivity contribution in [1.82, 2.24) is 0 Å². The number of hydrogen-bond acceptors (Lipinski definition) is 12. The van der Waals surface area contributed by atoms with Crippen LogP contribution >= 0.6 is 95.8 Å². The van der Waals surface area contributed by atoms with Gasteiger partial charge >= 0.3 is 11.9 Å². The van der Waals surface area contributed by atoms with E-state index < -0.39 is 0 Å². The average molecular weight is 559 g/mol. The molecule has 0 N–H and O–H groups in total. The number of methoxy groups -OCH3 is 2. The van der Waals surface area contributed by atoms with E-state index in [0.717, 1.165) is 11.5 Å². The number of ether oxygens (including phenoxy) is 2. The average Bonchev–Trinajstić information content (AvgIpc) is 3.35. The lowest BCUT2D eigenvalue weighted by atomic mass is 10.5. The molecular formula is C18H22O4S8. The van der Waals surface area contributed by atoms with E-state index >= 15 is 0 Å². The molecule has 0 amide bonds. The quantitative estimate of drug-likeness (QED) is 0.219. The zero-order valence-electron chi connectivity index (χ0n) is 16.4. The normalized spacial score (nSPS) is 16.4. The molecule has 0 bridgehead atoms. The summed E-state index contributed by atoms with van der Waals surface area (Å²) < 4.78 is 14.2. The zero-order chi connectivity index (χ0) is 21.9. The molecule has 0 aromatic carbocycles. The largest absolute Gasteiger partial charge is 0.469 e. The van der Waals surface area contributed by atoms with E-state index in [9.17, 15) is 9.59 Å². The van der Waals surface area contributed by atoms with Crippen molar-refractivity contribution in [2.45, 2.75) is 12.8 Å². The first kappa shape index (κ1) is 26.9. The Morgan fingerprint density at radius 3 is 1.57 bits per heavy atom. The molecule has 2 rings (SSSR count). The molecule has 166 valence electrons. The first-order chi connectivity index (χ1) is 14.5. The number of rotatable bonds is 11. The molecule has 2 aliphatic rings. The summed E-state index contributed by atoms with van der Waals surface area (Å²) in [6.45, 7) is 0. The predicted molar refractivity (Wildman–Crippen MR) is 146 cm³/mol. The van der Waals surface area contributed by atoms with Crippen LogP contribution in [0.5, 0.6) is 0 Å². The van der Waals surface area contributed by atoms with Crippen molar-refractivity contribution < 1.29 is 19.1 Å². The Kier molecular flexibility index (Phi) is 13.3. The van der Waals surface area contributed by atoms with Gasteiger partial charge in [0.15, 0.2) is 0 Å². The highest BCUT2D eigenvalue weighted by Crippen LogP contribution is 2.58. The fourth-order valence-electron chi connectivity index (χ4n) is 2.01. The molecular weight excluding hydrogens is 537 g/mol. The smallest absolute Gasteiger partial charge is 0.306 e. The van der Waals surface area contributed by atoms with E-state index in [0.29, 0.717) is 24.3 Å². The molecule has 2 heterocycles. The lowest BCUT2D eigenvalue weighted by molar-refractivity contribution is -0.140. The van der Waals surface area contributed by atoms with Crippen LogP contribution < -0.4 is 0 Å².